The molecule has 0 saturated carbocycles. The largest absolute Gasteiger partial charge is 0.252 e. The Hall–Kier alpha value is -9.72. The van der Waals surface area contributed by atoms with Crippen LogP contribution in [0.5, 0.6) is 0 Å². The van der Waals surface area contributed by atoms with Crippen LogP contribution in [0.25, 0.3) is 90.5 Å². The normalized spacial score (nSPS) is 11.9. The van der Waals surface area contributed by atoms with E-state index in [1.54, 1.807) is 24.8 Å². The number of benzene rings is 2. The molecule has 10 aromatic heterocycles. The first kappa shape index (κ1) is 42.4. The summed E-state index contributed by atoms with van der Waals surface area (Å²) in [7, 11) is 0. The van der Waals surface area contributed by atoms with Crippen molar-refractivity contribution in [1.82, 2.24) is 98.2 Å². The molecule has 20 nitrogen and oxygen atoms in total. The molecule has 0 N–H and O–H groups in total. The van der Waals surface area contributed by atoms with E-state index in [9.17, 15) is 0 Å². The lowest BCUT2D eigenvalue weighted by molar-refractivity contribution is 0.765. The summed E-state index contributed by atoms with van der Waals surface area (Å²) < 4.78 is 15.0. The summed E-state index contributed by atoms with van der Waals surface area (Å²) in [5.41, 5.74) is 16.0. The molecule has 10 heterocycles. The lowest BCUT2D eigenvalue weighted by Crippen LogP contribution is -2.21. The first-order valence-electron chi connectivity index (χ1n) is 23.3. The second-order valence-corrected chi connectivity index (χ2v) is 18.0. The second kappa shape index (κ2) is 15.9. The molecule has 0 spiro atoms. The minimum atomic E-state index is 0.504. The Balaban J connectivity index is 1.35. The average Bonchev–Trinajstić information content (AvgIpc) is 4.23. The number of aromatic nitrogens is 20. The van der Waals surface area contributed by atoms with Crippen LogP contribution in [-0.4, -0.2) is 98.2 Å². The molecule has 12 aromatic rings. The highest BCUT2D eigenvalue weighted by Gasteiger charge is 2.41. The van der Waals surface area contributed by atoms with E-state index >= 15 is 0 Å². The molecule has 1 aliphatic rings. The van der Waals surface area contributed by atoms with Crippen molar-refractivity contribution < 1.29 is 0 Å². The van der Waals surface area contributed by atoms with Crippen molar-refractivity contribution in [3.8, 4) is 90.5 Å². The molecule has 2 aromatic carbocycles. The Morgan fingerprint density at radius 2 is 0.375 bits per heavy atom. The van der Waals surface area contributed by atoms with E-state index in [1.165, 1.54) is 0 Å². The van der Waals surface area contributed by atoms with Crippen molar-refractivity contribution in [3.05, 3.63) is 168 Å². The lowest BCUT2D eigenvalue weighted by Gasteiger charge is -2.31. The Labute approximate surface area is 411 Å². The van der Waals surface area contributed by atoms with Gasteiger partial charge in [-0.05, 0) is 104 Å². The molecule has 0 amide bonds. The van der Waals surface area contributed by atoms with Crippen molar-refractivity contribution in [2.75, 3.05) is 0 Å². The van der Waals surface area contributed by atoms with Crippen LogP contribution >= 0.6 is 0 Å². The maximum absolute atomic E-state index is 5.42. The van der Waals surface area contributed by atoms with Gasteiger partial charge in [0.1, 0.15) is 45.5 Å². The van der Waals surface area contributed by atoms with Crippen LogP contribution in [0.3, 0.4) is 0 Å². The van der Waals surface area contributed by atoms with Gasteiger partial charge in [0.2, 0.25) is 0 Å². The van der Waals surface area contributed by atoms with Crippen molar-refractivity contribution >= 4 is 0 Å². The van der Waals surface area contributed by atoms with Crippen LogP contribution in [0.2, 0.25) is 0 Å². The van der Waals surface area contributed by atoms with E-state index in [1.807, 2.05) is 191 Å². The fraction of sp³-hybridized carbons (Fsp3) is 0.154. The monoisotopic (exact) mass is 948 g/mol. The van der Waals surface area contributed by atoms with Crippen LogP contribution in [0.1, 0.15) is 45.6 Å². The van der Waals surface area contributed by atoms with Gasteiger partial charge in [0.15, 0.2) is 0 Å². The van der Waals surface area contributed by atoms with Crippen LogP contribution in [0, 0.1) is 55.4 Å². The molecule has 0 atom stereocenters. The van der Waals surface area contributed by atoms with Gasteiger partial charge in [-0.3, -0.25) is 19.9 Å². The van der Waals surface area contributed by atoms with Gasteiger partial charge in [-0.2, -0.15) is 40.8 Å². The van der Waals surface area contributed by atoms with Crippen molar-refractivity contribution in [1.29, 1.82) is 0 Å². The number of aryl methyl sites for hydroxylation is 8. The second-order valence-electron chi connectivity index (χ2n) is 18.0. The molecule has 0 bridgehead atoms. The first-order valence-corrected chi connectivity index (χ1v) is 23.3. The quantitative estimate of drug-likeness (QED) is 0.142. The fourth-order valence-corrected chi connectivity index (χ4v) is 9.80. The van der Waals surface area contributed by atoms with Crippen molar-refractivity contribution in [2.45, 2.75) is 55.4 Å². The van der Waals surface area contributed by atoms with E-state index in [0.29, 0.717) is 90.5 Å². The molecule has 0 aliphatic heterocycles. The third kappa shape index (κ3) is 6.52. The van der Waals surface area contributed by atoms with Gasteiger partial charge in [-0.1, -0.05) is 0 Å². The van der Waals surface area contributed by atoms with Gasteiger partial charge in [0.25, 0.3) is 0 Å². The lowest BCUT2D eigenvalue weighted by atomic mass is 9.83. The molecule has 20 heteroatoms. The Kier molecular flexibility index (Phi) is 9.37. The highest BCUT2D eigenvalue weighted by atomic mass is 15.4. The molecule has 0 radical (unpaired) electrons. The third-order valence-electron chi connectivity index (χ3n) is 12.7. The minimum absolute atomic E-state index is 0.504. The van der Waals surface area contributed by atoms with E-state index in [2.05, 4.69) is 0 Å². The van der Waals surface area contributed by atoms with E-state index in [4.69, 9.17) is 60.7 Å². The minimum Gasteiger partial charge on any atom is -0.252 e. The standard InChI is InChI=1S/C52H44N20/c1-29-9-21-65(57-29)45-37-38(46(66-22-10-30(2)58-66)50(70-26-14-34(6)62-70)49(45)69-25-13-33(5)61-69)42-44(56-20-19-54-42)40-39(43-41(37)53-17-18-55-43)47(67-23-11-31(3)59-67)51(71-27-15-35(7)63-71)52(72-28-16-36(8)64-72)48(40)68-24-12-32(4)60-68/h9-28H,1-8H3. The summed E-state index contributed by atoms with van der Waals surface area (Å²) in [6.45, 7) is 15.7. The summed E-state index contributed by atoms with van der Waals surface area (Å²) >= 11 is 0. The fourth-order valence-electron chi connectivity index (χ4n) is 9.80. The first-order chi connectivity index (χ1) is 35.0. The van der Waals surface area contributed by atoms with Crippen LogP contribution < -0.4 is 0 Å². The smallest absolute Gasteiger partial charge is 0.119 e. The van der Waals surface area contributed by atoms with Gasteiger partial charge in [-0.15, -0.1) is 0 Å². The number of hydrogen-bond acceptors (Lipinski definition) is 12. The molecule has 0 saturated heterocycles. The average molecular weight is 949 g/mol. The molecule has 72 heavy (non-hydrogen) atoms. The van der Waals surface area contributed by atoms with Crippen molar-refractivity contribution in [3.63, 3.8) is 0 Å². The third-order valence-corrected chi connectivity index (χ3v) is 12.7. The van der Waals surface area contributed by atoms with Gasteiger partial charge in [0, 0.05) is 96.6 Å². The summed E-state index contributed by atoms with van der Waals surface area (Å²) in [6.07, 6.45) is 22.5. The highest BCUT2D eigenvalue weighted by molar-refractivity contribution is 6.11. The van der Waals surface area contributed by atoms with E-state index in [0.717, 1.165) is 45.6 Å². The Morgan fingerprint density at radius 1 is 0.222 bits per heavy atom. The van der Waals surface area contributed by atoms with Crippen LogP contribution in [0.4, 0.5) is 0 Å². The topological polar surface area (TPSA) is 194 Å². The van der Waals surface area contributed by atoms with Gasteiger partial charge >= 0.3 is 0 Å². The summed E-state index contributed by atoms with van der Waals surface area (Å²) in [4.78, 5) is 21.7. The van der Waals surface area contributed by atoms with Gasteiger partial charge < -0.3 is 0 Å². The summed E-state index contributed by atoms with van der Waals surface area (Å²) in [5.74, 6) is 0. The zero-order chi connectivity index (χ0) is 49.1. The van der Waals surface area contributed by atoms with Crippen LogP contribution in [-0.2, 0) is 0 Å². The Morgan fingerprint density at radius 3 is 0.514 bits per heavy atom. The molecular formula is C52H44N20. The van der Waals surface area contributed by atoms with Crippen molar-refractivity contribution in [2.24, 2.45) is 0 Å². The zero-order valence-corrected chi connectivity index (χ0v) is 40.5. The van der Waals surface area contributed by atoms with E-state index < -0.39 is 0 Å². The molecule has 13 rings (SSSR count). The van der Waals surface area contributed by atoms with Gasteiger partial charge in [0.05, 0.1) is 68.3 Å². The highest BCUT2D eigenvalue weighted by Crippen LogP contribution is 2.56. The zero-order valence-electron chi connectivity index (χ0n) is 40.5. The number of nitrogens with zero attached hydrogens (tertiary/aromatic N) is 20. The Bertz CT molecular complexity index is 3590. The molecule has 1 aliphatic carbocycles. The summed E-state index contributed by atoms with van der Waals surface area (Å²) in [6, 6.07) is 15.8. The number of fused-ring (bicyclic) bond motifs is 8. The maximum Gasteiger partial charge on any atom is 0.119 e. The molecule has 0 fully saturated rings. The van der Waals surface area contributed by atoms with Gasteiger partial charge in [-0.25, -0.2) is 37.5 Å². The number of hydrogen-bond donors (Lipinski definition) is 0. The van der Waals surface area contributed by atoms with Crippen LogP contribution in [0.15, 0.2) is 123 Å². The predicted octanol–water partition coefficient (Wildman–Crippen LogP) is 8.20. The molecule has 0 unspecified atom stereocenters. The predicted molar refractivity (Wildman–Crippen MR) is 268 cm³/mol. The number of rotatable bonds is 8. The molecule has 352 valence electrons. The maximum atomic E-state index is 5.42. The SMILES string of the molecule is Cc1ccn(-c2c3c(c(-n4ccc(C)n4)c(-n4ccc(C)n4)c2-n2ccc(C)n2)-c2nccnc2-c2c(c(-n4ccc(C)n4)c(-n4ccc(C)n4)c(-n4ccc(C)n4)c2-n2ccc(C)n2)-c2nccnc2-3)n1. The summed E-state index contributed by atoms with van der Waals surface area (Å²) in [5, 5.41) is 41.2. The van der Waals surface area contributed by atoms with E-state index in [-0.39, 0.29) is 0 Å². The molecular weight excluding hydrogens is 905 g/mol.